The van der Waals surface area contributed by atoms with E-state index in [1.54, 1.807) is 6.07 Å². The topological polar surface area (TPSA) is 35.2 Å². The highest BCUT2D eigenvalue weighted by molar-refractivity contribution is 5.38. The van der Waals surface area contributed by atoms with Crippen molar-refractivity contribution in [3.8, 4) is 5.75 Å². The Morgan fingerprint density at radius 3 is 2.93 bits per heavy atom. The largest absolute Gasteiger partial charge is 0.487 e. The Bertz CT molecular complexity index is 362. The Kier molecular flexibility index (Phi) is 2.00. The van der Waals surface area contributed by atoms with Gasteiger partial charge in [0.2, 0.25) is 0 Å². The van der Waals surface area contributed by atoms with Crippen molar-refractivity contribution in [1.29, 1.82) is 0 Å². The van der Waals surface area contributed by atoms with Crippen LogP contribution in [-0.4, -0.2) is 5.60 Å². The molecule has 2 nitrogen and oxygen atoms in total. The Morgan fingerprint density at radius 1 is 1.50 bits per heavy atom. The molecule has 1 unspecified atom stereocenters. The first-order chi connectivity index (χ1) is 6.48. The summed E-state index contributed by atoms with van der Waals surface area (Å²) in [6.07, 6.45) is 0.756. The zero-order valence-corrected chi connectivity index (χ0v) is 8.38. The van der Waals surface area contributed by atoms with Gasteiger partial charge in [-0.2, -0.15) is 0 Å². The highest BCUT2D eigenvalue weighted by atomic mass is 19.1. The van der Waals surface area contributed by atoms with E-state index >= 15 is 0 Å². The molecule has 0 spiro atoms. The fraction of sp³-hybridized carbons (Fsp3) is 0.455. The van der Waals surface area contributed by atoms with Crippen molar-refractivity contribution < 1.29 is 9.13 Å². The van der Waals surface area contributed by atoms with Crippen LogP contribution >= 0.6 is 0 Å². The smallest absolute Gasteiger partial charge is 0.127 e. The molecular formula is C11H14FNO. The number of benzene rings is 1. The van der Waals surface area contributed by atoms with Crippen LogP contribution in [0.15, 0.2) is 18.2 Å². The number of rotatable bonds is 0. The van der Waals surface area contributed by atoms with Crippen molar-refractivity contribution in [2.45, 2.75) is 31.9 Å². The van der Waals surface area contributed by atoms with Crippen molar-refractivity contribution in [3.63, 3.8) is 0 Å². The maximum absolute atomic E-state index is 13.0. The van der Waals surface area contributed by atoms with Crippen molar-refractivity contribution in [2.75, 3.05) is 0 Å². The third-order valence-corrected chi connectivity index (χ3v) is 2.47. The van der Waals surface area contributed by atoms with Gasteiger partial charge in [0.1, 0.15) is 17.2 Å². The molecule has 0 amide bonds. The summed E-state index contributed by atoms with van der Waals surface area (Å²) in [6.45, 7) is 3.92. The minimum Gasteiger partial charge on any atom is -0.487 e. The standard InChI is InChI=1S/C11H14FNO/c1-11(2)6-9(13)8-4-3-7(12)5-10(8)14-11/h3-5,9H,6,13H2,1-2H3. The van der Waals surface area contributed by atoms with Crippen LogP contribution in [0.2, 0.25) is 0 Å². The molecule has 0 fully saturated rings. The maximum Gasteiger partial charge on any atom is 0.127 e. The molecule has 0 saturated carbocycles. The minimum absolute atomic E-state index is 0.0608. The second-order valence-corrected chi connectivity index (χ2v) is 4.35. The van der Waals surface area contributed by atoms with E-state index in [1.807, 2.05) is 13.8 Å². The van der Waals surface area contributed by atoms with Gasteiger partial charge < -0.3 is 10.5 Å². The second-order valence-electron chi connectivity index (χ2n) is 4.35. The van der Waals surface area contributed by atoms with Gasteiger partial charge in [0.25, 0.3) is 0 Å². The van der Waals surface area contributed by atoms with E-state index in [1.165, 1.54) is 12.1 Å². The summed E-state index contributed by atoms with van der Waals surface area (Å²) in [6, 6.07) is 4.45. The molecule has 0 saturated heterocycles. The van der Waals surface area contributed by atoms with Crippen LogP contribution in [0.25, 0.3) is 0 Å². The highest BCUT2D eigenvalue weighted by Crippen LogP contribution is 2.38. The second kappa shape index (κ2) is 2.95. The fourth-order valence-corrected chi connectivity index (χ4v) is 1.88. The van der Waals surface area contributed by atoms with Gasteiger partial charge in [-0.25, -0.2) is 4.39 Å². The van der Waals surface area contributed by atoms with Crippen molar-refractivity contribution in [3.05, 3.63) is 29.6 Å². The van der Waals surface area contributed by atoms with E-state index in [2.05, 4.69) is 0 Å². The van der Waals surface area contributed by atoms with Crippen LogP contribution in [0.5, 0.6) is 5.75 Å². The Morgan fingerprint density at radius 2 is 2.21 bits per heavy atom. The van der Waals surface area contributed by atoms with Crippen LogP contribution in [0.1, 0.15) is 31.9 Å². The average Bonchev–Trinajstić information content (AvgIpc) is 2.00. The zero-order chi connectivity index (χ0) is 10.3. The first kappa shape index (κ1) is 9.46. The van der Waals surface area contributed by atoms with E-state index in [-0.39, 0.29) is 17.5 Å². The van der Waals surface area contributed by atoms with Crippen LogP contribution in [0.4, 0.5) is 4.39 Å². The first-order valence-electron chi connectivity index (χ1n) is 4.72. The lowest BCUT2D eigenvalue weighted by atomic mass is 9.90. The summed E-state index contributed by atoms with van der Waals surface area (Å²) < 4.78 is 18.6. The Labute approximate surface area is 82.9 Å². The lowest BCUT2D eigenvalue weighted by molar-refractivity contribution is 0.0724. The molecule has 76 valence electrons. The van der Waals surface area contributed by atoms with E-state index < -0.39 is 0 Å². The minimum atomic E-state index is -0.305. The Balaban J connectivity index is 2.46. The van der Waals surface area contributed by atoms with Gasteiger partial charge in [0, 0.05) is 24.1 Å². The van der Waals surface area contributed by atoms with Crippen LogP contribution in [0.3, 0.4) is 0 Å². The van der Waals surface area contributed by atoms with E-state index in [0.29, 0.717) is 5.75 Å². The summed E-state index contributed by atoms with van der Waals surface area (Å²) >= 11 is 0. The predicted molar refractivity (Wildman–Crippen MR) is 52.7 cm³/mol. The number of hydrogen-bond donors (Lipinski definition) is 1. The predicted octanol–water partition coefficient (Wildman–Crippen LogP) is 2.39. The van der Waals surface area contributed by atoms with Crippen molar-refractivity contribution in [1.82, 2.24) is 0 Å². The normalized spacial score (nSPS) is 23.9. The average molecular weight is 195 g/mol. The van der Waals surface area contributed by atoms with Gasteiger partial charge in [-0.05, 0) is 19.9 Å². The van der Waals surface area contributed by atoms with Gasteiger partial charge in [-0.3, -0.25) is 0 Å². The maximum atomic E-state index is 13.0. The SMILES string of the molecule is CC1(C)CC(N)c2ccc(F)cc2O1. The lowest BCUT2D eigenvalue weighted by Crippen LogP contribution is -2.37. The number of fused-ring (bicyclic) bond motifs is 1. The van der Waals surface area contributed by atoms with Crippen LogP contribution in [-0.2, 0) is 0 Å². The molecule has 2 rings (SSSR count). The van der Waals surface area contributed by atoms with Crippen molar-refractivity contribution in [2.24, 2.45) is 5.73 Å². The third kappa shape index (κ3) is 1.60. The molecular weight excluding hydrogens is 181 g/mol. The van der Waals surface area contributed by atoms with Gasteiger partial charge in [0.05, 0.1) is 0 Å². The van der Waals surface area contributed by atoms with Crippen molar-refractivity contribution >= 4 is 0 Å². The quantitative estimate of drug-likeness (QED) is 0.689. The van der Waals surface area contributed by atoms with Gasteiger partial charge >= 0.3 is 0 Å². The molecule has 1 aromatic rings. The molecule has 1 heterocycles. The molecule has 0 radical (unpaired) electrons. The summed E-state index contributed by atoms with van der Waals surface area (Å²) in [4.78, 5) is 0. The highest BCUT2D eigenvalue weighted by Gasteiger charge is 2.31. The molecule has 0 aliphatic carbocycles. The van der Waals surface area contributed by atoms with E-state index in [0.717, 1.165) is 12.0 Å². The zero-order valence-electron chi connectivity index (χ0n) is 8.38. The molecule has 0 aromatic heterocycles. The monoisotopic (exact) mass is 195 g/mol. The number of hydrogen-bond acceptors (Lipinski definition) is 2. The van der Waals surface area contributed by atoms with Gasteiger partial charge in [-0.15, -0.1) is 0 Å². The molecule has 0 bridgehead atoms. The fourth-order valence-electron chi connectivity index (χ4n) is 1.88. The van der Waals surface area contributed by atoms with E-state index in [9.17, 15) is 4.39 Å². The number of ether oxygens (including phenoxy) is 1. The molecule has 1 aromatic carbocycles. The molecule has 14 heavy (non-hydrogen) atoms. The molecule has 3 heteroatoms. The molecule has 1 atom stereocenters. The van der Waals surface area contributed by atoms with Gasteiger partial charge in [0.15, 0.2) is 0 Å². The number of halogens is 1. The first-order valence-corrected chi connectivity index (χ1v) is 4.72. The summed E-state index contributed by atoms with van der Waals surface area (Å²) in [7, 11) is 0. The molecule has 1 aliphatic heterocycles. The molecule has 2 N–H and O–H groups in total. The van der Waals surface area contributed by atoms with Crippen LogP contribution in [0, 0.1) is 5.82 Å². The molecule has 1 aliphatic rings. The number of nitrogens with two attached hydrogens (primary N) is 1. The summed E-state index contributed by atoms with van der Waals surface area (Å²) in [5, 5.41) is 0. The lowest BCUT2D eigenvalue weighted by Gasteiger charge is -2.36. The van der Waals surface area contributed by atoms with Crippen LogP contribution < -0.4 is 10.5 Å². The summed E-state index contributed by atoms with van der Waals surface area (Å²) in [5.41, 5.74) is 6.56. The summed E-state index contributed by atoms with van der Waals surface area (Å²) in [5.74, 6) is 0.294. The third-order valence-electron chi connectivity index (χ3n) is 2.47. The Hall–Kier alpha value is -1.09. The van der Waals surface area contributed by atoms with E-state index in [4.69, 9.17) is 10.5 Å². The van der Waals surface area contributed by atoms with Gasteiger partial charge in [-0.1, -0.05) is 6.07 Å².